The Balaban J connectivity index is 0.00000130. The molecule has 2 saturated carbocycles. The zero-order chi connectivity index (χ0) is 25.3. The number of pyridine rings is 1. The van der Waals surface area contributed by atoms with Gasteiger partial charge in [0.05, 0.1) is 5.92 Å². The van der Waals surface area contributed by atoms with Gasteiger partial charge in [-0.3, -0.25) is 9.78 Å². The van der Waals surface area contributed by atoms with Crippen LogP contribution in [0.15, 0.2) is 42.3 Å². The van der Waals surface area contributed by atoms with Crippen LogP contribution in [0, 0.1) is 34.5 Å². The van der Waals surface area contributed by atoms with E-state index in [0.717, 1.165) is 62.9 Å². The minimum absolute atomic E-state index is 0.0535. The van der Waals surface area contributed by atoms with Crippen molar-refractivity contribution >= 4 is 11.5 Å². The molecule has 2 heterocycles. The summed E-state index contributed by atoms with van der Waals surface area (Å²) in [5.74, 6) is 2.39. The molecule has 0 spiro atoms. The van der Waals surface area contributed by atoms with E-state index in [0.29, 0.717) is 0 Å². The SMILES string of the molecule is CC.CC12CCC(OC(=O)C3CCNCC3)CC1=CCC1C2CCC2(C)C(c3cccnc3)=CC[C@@H]12. The molecular formula is C32H46N2O2. The van der Waals surface area contributed by atoms with Gasteiger partial charge in [0.1, 0.15) is 6.10 Å². The van der Waals surface area contributed by atoms with Gasteiger partial charge in [0.25, 0.3) is 0 Å². The molecule has 0 bridgehead atoms. The summed E-state index contributed by atoms with van der Waals surface area (Å²) in [7, 11) is 0. The Morgan fingerprint density at radius 2 is 1.78 bits per heavy atom. The molecular weight excluding hydrogens is 444 g/mol. The lowest BCUT2D eigenvalue weighted by atomic mass is 9.47. The molecule has 5 aliphatic rings. The molecule has 0 aromatic carbocycles. The van der Waals surface area contributed by atoms with Crippen LogP contribution in [0.3, 0.4) is 0 Å². The number of allylic oxidation sites excluding steroid dienone is 3. The number of aromatic nitrogens is 1. The summed E-state index contributed by atoms with van der Waals surface area (Å²) >= 11 is 0. The fraction of sp³-hybridized carbons (Fsp3) is 0.688. The van der Waals surface area contributed by atoms with Crippen molar-refractivity contribution in [1.29, 1.82) is 0 Å². The quantitative estimate of drug-likeness (QED) is 0.367. The summed E-state index contributed by atoms with van der Waals surface area (Å²) in [5.41, 5.74) is 5.00. The number of nitrogens with zero attached hydrogens (tertiary/aromatic N) is 1. The maximum atomic E-state index is 12.8. The van der Waals surface area contributed by atoms with Crippen molar-refractivity contribution in [2.24, 2.45) is 34.5 Å². The molecule has 6 atom stereocenters. The number of fused-ring (bicyclic) bond motifs is 5. The first-order valence-corrected chi connectivity index (χ1v) is 14.7. The predicted molar refractivity (Wildman–Crippen MR) is 146 cm³/mol. The number of carbonyl (C=O) groups excluding carboxylic acids is 1. The van der Waals surface area contributed by atoms with Crippen LogP contribution in [0.5, 0.6) is 0 Å². The first-order valence-electron chi connectivity index (χ1n) is 14.7. The highest BCUT2D eigenvalue weighted by atomic mass is 16.5. The lowest BCUT2D eigenvalue weighted by molar-refractivity contribution is -0.157. The Hall–Kier alpha value is -1.94. The third-order valence-electron chi connectivity index (χ3n) is 10.6. The van der Waals surface area contributed by atoms with E-state index >= 15 is 0 Å². The van der Waals surface area contributed by atoms with Crippen molar-refractivity contribution in [2.75, 3.05) is 13.1 Å². The van der Waals surface area contributed by atoms with Gasteiger partial charge in [0, 0.05) is 18.8 Å². The number of carbonyl (C=O) groups is 1. The van der Waals surface area contributed by atoms with E-state index in [1.54, 1.807) is 5.57 Å². The van der Waals surface area contributed by atoms with Crippen LogP contribution in [0.4, 0.5) is 0 Å². The largest absolute Gasteiger partial charge is 0.462 e. The van der Waals surface area contributed by atoms with Crippen LogP contribution >= 0.6 is 0 Å². The first kappa shape index (κ1) is 25.7. The maximum Gasteiger partial charge on any atom is 0.309 e. The summed E-state index contributed by atoms with van der Waals surface area (Å²) in [6, 6.07) is 4.32. The van der Waals surface area contributed by atoms with Crippen molar-refractivity contribution in [2.45, 2.75) is 91.6 Å². The molecule has 1 aromatic heterocycles. The molecule has 196 valence electrons. The van der Waals surface area contributed by atoms with Gasteiger partial charge in [-0.15, -0.1) is 0 Å². The second-order valence-corrected chi connectivity index (χ2v) is 12.1. The molecule has 1 aliphatic heterocycles. The van der Waals surface area contributed by atoms with Crippen LogP contribution in [-0.4, -0.2) is 30.1 Å². The standard InChI is InChI=1S/C30H40N2O2.C2H6/c1-29-13-9-23(34-28(33)20-11-16-31-17-12-20)18-22(29)5-6-24-26-8-7-25(21-4-3-15-32-19-21)30(26,2)14-10-27(24)29;1-2/h3-5,7,15,19-20,23-24,26-27,31H,6,8-14,16-18H2,1-2H3;1-2H3/t23?,24?,26-,27?,29?,30?;/m0./s1. The lowest BCUT2D eigenvalue weighted by Crippen LogP contribution is -2.50. The zero-order valence-corrected chi connectivity index (χ0v) is 22.9. The smallest absolute Gasteiger partial charge is 0.309 e. The Morgan fingerprint density at radius 3 is 2.53 bits per heavy atom. The predicted octanol–water partition coefficient (Wildman–Crippen LogP) is 6.98. The number of ether oxygens (including phenoxy) is 1. The zero-order valence-electron chi connectivity index (χ0n) is 22.9. The van der Waals surface area contributed by atoms with Crippen molar-refractivity contribution in [3.05, 3.63) is 47.8 Å². The van der Waals surface area contributed by atoms with Gasteiger partial charge in [-0.1, -0.05) is 51.5 Å². The van der Waals surface area contributed by atoms with Crippen LogP contribution in [0.25, 0.3) is 5.57 Å². The van der Waals surface area contributed by atoms with Gasteiger partial charge in [0.2, 0.25) is 0 Å². The summed E-state index contributed by atoms with van der Waals surface area (Å²) in [6.07, 6.45) is 19.1. The molecule has 1 aromatic rings. The van der Waals surface area contributed by atoms with Crippen LogP contribution in [0.2, 0.25) is 0 Å². The Bertz CT molecular complexity index is 995. The molecule has 1 N–H and O–H groups in total. The number of rotatable bonds is 3. The fourth-order valence-electron chi connectivity index (χ4n) is 8.58. The molecule has 0 radical (unpaired) electrons. The second kappa shape index (κ2) is 10.4. The fourth-order valence-corrected chi connectivity index (χ4v) is 8.58. The summed E-state index contributed by atoms with van der Waals surface area (Å²) in [5, 5.41) is 3.35. The Morgan fingerprint density at radius 1 is 1.00 bits per heavy atom. The summed E-state index contributed by atoms with van der Waals surface area (Å²) < 4.78 is 6.09. The van der Waals surface area contributed by atoms with Crippen LogP contribution < -0.4 is 5.32 Å². The van der Waals surface area contributed by atoms with E-state index in [1.165, 1.54) is 36.8 Å². The van der Waals surface area contributed by atoms with Gasteiger partial charge in [-0.2, -0.15) is 0 Å². The van der Waals surface area contributed by atoms with Crippen molar-refractivity contribution in [1.82, 2.24) is 10.3 Å². The second-order valence-electron chi connectivity index (χ2n) is 12.1. The average molecular weight is 491 g/mol. The number of esters is 1. The van der Waals surface area contributed by atoms with E-state index in [4.69, 9.17) is 4.74 Å². The van der Waals surface area contributed by atoms with Crippen molar-refractivity contribution in [3.8, 4) is 0 Å². The minimum atomic E-state index is 0.0535. The van der Waals surface area contributed by atoms with Gasteiger partial charge in [-0.05, 0) is 110 Å². The van der Waals surface area contributed by atoms with Gasteiger partial charge in [-0.25, -0.2) is 0 Å². The van der Waals surface area contributed by atoms with Crippen molar-refractivity contribution < 1.29 is 9.53 Å². The Kier molecular flexibility index (Phi) is 7.45. The van der Waals surface area contributed by atoms with E-state index in [9.17, 15) is 4.79 Å². The highest BCUT2D eigenvalue weighted by molar-refractivity contribution is 5.73. The molecule has 4 aliphatic carbocycles. The first-order chi connectivity index (χ1) is 17.5. The molecule has 5 unspecified atom stereocenters. The molecule has 1 saturated heterocycles. The van der Waals surface area contributed by atoms with Gasteiger partial charge >= 0.3 is 5.97 Å². The van der Waals surface area contributed by atoms with E-state index in [2.05, 4.69) is 54.6 Å². The monoisotopic (exact) mass is 490 g/mol. The lowest BCUT2D eigenvalue weighted by Gasteiger charge is -2.58. The maximum absolute atomic E-state index is 12.8. The molecule has 6 rings (SSSR count). The molecule has 4 nitrogen and oxygen atoms in total. The van der Waals surface area contributed by atoms with Crippen molar-refractivity contribution in [3.63, 3.8) is 0 Å². The topological polar surface area (TPSA) is 51.2 Å². The Labute approximate surface area is 218 Å². The minimum Gasteiger partial charge on any atom is -0.462 e. The summed E-state index contributed by atoms with van der Waals surface area (Å²) in [4.78, 5) is 17.2. The van der Waals surface area contributed by atoms with Gasteiger partial charge < -0.3 is 10.1 Å². The van der Waals surface area contributed by atoms with Crippen LogP contribution in [0.1, 0.15) is 91.0 Å². The number of nitrogens with one attached hydrogen (secondary N) is 1. The van der Waals surface area contributed by atoms with E-state index < -0.39 is 0 Å². The van der Waals surface area contributed by atoms with E-state index in [1.807, 2.05) is 20.0 Å². The molecule has 4 heteroatoms. The molecule has 0 amide bonds. The summed E-state index contributed by atoms with van der Waals surface area (Å²) in [6.45, 7) is 10.9. The highest BCUT2D eigenvalue weighted by Gasteiger charge is 2.57. The number of piperidine rings is 1. The van der Waals surface area contributed by atoms with Crippen LogP contribution in [-0.2, 0) is 9.53 Å². The average Bonchev–Trinajstić information content (AvgIpc) is 3.28. The molecule has 3 fully saturated rings. The number of hydrogen-bond donors (Lipinski definition) is 1. The third-order valence-corrected chi connectivity index (χ3v) is 10.6. The third kappa shape index (κ3) is 4.38. The normalized spacial score (nSPS) is 37.8. The highest BCUT2D eigenvalue weighted by Crippen LogP contribution is 2.66. The van der Waals surface area contributed by atoms with Gasteiger partial charge in [0.15, 0.2) is 0 Å². The van der Waals surface area contributed by atoms with E-state index in [-0.39, 0.29) is 28.8 Å². The number of hydrogen-bond acceptors (Lipinski definition) is 4. The molecule has 36 heavy (non-hydrogen) atoms.